The molecule has 25 heavy (non-hydrogen) atoms. The van der Waals surface area contributed by atoms with Crippen LogP contribution in [-0.4, -0.2) is 47.2 Å². The van der Waals surface area contributed by atoms with E-state index in [1.54, 1.807) is 32.9 Å². The second kappa shape index (κ2) is 7.98. The lowest BCUT2D eigenvalue weighted by Crippen LogP contribution is -2.30. The van der Waals surface area contributed by atoms with Crippen LogP contribution in [0.3, 0.4) is 0 Å². The Morgan fingerprint density at radius 1 is 1.32 bits per heavy atom. The molecule has 0 radical (unpaired) electrons. The van der Waals surface area contributed by atoms with E-state index in [0.717, 1.165) is 11.8 Å². The van der Waals surface area contributed by atoms with Crippen LogP contribution < -0.4 is 5.73 Å². The highest BCUT2D eigenvalue weighted by atomic mass is 32.2. The van der Waals surface area contributed by atoms with E-state index in [9.17, 15) is 13.2 Å². The van der Waals surface area contributed by atoms with Crippen LogP contribution in [0.25, 0.3) is 11.5 Å². The molecule has 10 heteroatoms. The molecule has 1 aromatic carbocycles. The maximum absolute atomic E-state index is 12.6. The van der Waals surface area contributed by atoms with E-state index in [2.05, 4.69) is 10.2 Å². The smallest absolute Gasteiger partial charge is 0.277 e. The third-order valence-electron chi connectivity index (χ3n) is 3.51. The molecule has 2 N–H and O–H groups in total. The zero-order valence-corrected chi connectivity index (χ0v) is 15.8. The molecule has 1 heterocycles. The number of nitrogens with zero attached hydrogens (tertiary/aromatic N) is 3. The number of amides is 1. The van der Waals surface area contributed by atoms with E-state index in [-0.39, 0.29) is 16.0 Å². The lowest BCUT2D eigenvalue weighted by atomic mass is 10.2. The van der Waals surface area contributed by atoms with Crippen LogP contribution in [0.5, 0.6) is 0 Å². The van der Waals surface area contributed by atoms with Gasteiger partial charge in [-0.25, -0.2) is 8.42 Å². The van der Waals surface area contributed by atoms with E-state index >= 15 is 0 Å². The van der Waals surface area contributed by atoms with Gasteiger partial charge in [-0.05, 0) is 25.1 Å². The summed E-state index contributed by atoms with van der Waals surface area (Å²) >= 11 is 1.05. The minimum absolute atomic E-state index is 0.159. The summed E-state index contributed by atoms with van der Waals surface area (Å²) < 4.78 is 32.1. The highest BCUT2D eigenvalue weighted by molar-refractivity contribution is 8.00. The zero-order valence-electron chi connectivity index (χ0n) is 14.2. The molecule has 1 amide bonds. The van der Waals surface area contributed by atoms with Crippen molar-refractivity contribution in [2.45, 2.75) is 36.1 Å². The van der Waals surface area contributed by atoms with Crippen molar-refractivity contribution in [2.24, 2.45) is 5.73 Å². The minimum atomic E-state index is -3.58. The van der Waals surface area contributed by atoms with Crippen LogP contribution in [0.1, 0.15) is 20.8 Å². The fourth-order valence-corrected chi connectivity index (χ4v) is 4.22. The topological polar surface area (TPSA) is 119 Å². The monoisotopic (exact) mass is 384 g/mol. The van der Waals surface area contributed by atoms with E-state index < -0.39 is 21.2 Å². The molecule has 0 aliphatic carbocycles. The van der Waals surface area contributed by atoms with Crippen LogP contribution in [0.15, 0.2) is 38.8 Å². The molecular weight excluding hydrogens is 364 g/mol. The molecule has 0 bridgehead atoms. The van der Waals surface area contributed by atoms with Gasteiger partial charge in [-0.3, -0.25) is 4.79 Å². The van der Waals surface area contributed by atoms with Crippen LogP contribution in [0.4, 0.5) is 0 Å². The van der Waals surface area contributed by atoms with Gasteiger partial charge >= 0.3 is 0 Å². The van der Waals surface area contributed by atoms with Crippen LogP contribution >= 0.6 is 11.8 Å². The summed E-state index contributed by atoms with van der Waals surface area (Å²) in [5, 5.41) is 7.44. The first-order valence-corrected chi connectivity index (χ1v) is 10.0. The van der Waals surface area contributed by atoms with Crippen molar-refractivity contribution < 1.29 is 17.6 Å². The molecule has 0 unspecified atom stereocenters. The Hall–Kier alpha value is -1.91. The molecule has 0 fully saturated rings. The van der Waals surface area contributed by atoms with Crippen molar-refractivity contribution in [3.05, 3.63) is 24.3 Å². The molecule has 136 valence electrons. The second-order valence-electron chi connectivity index (χ2n) is 5.15. The third-order valence-corrected chi connectivity index (χ3v) is 6.51. The van der Waals surface area contributed by atoms with Crippen LogP contribution in [0.2, 0.25) is 0 Å². The largest absolute Gasteiger partial charge is 0.411 e. The SMILES string of the molecule is CCN(CC)S(=O)(=O)c1cccc(-c2nnc(S[C@@H](C)C(N)=O)o2)c1. The van der Waals surface area contributed by atoms with Crippen LogP contribution in [-0.2, 0) is 14.8 Å². The molecular formula is C15H20N4O4S2. The zero-order chi connectivity index (χ0) is 18.6. The van der Waals surface area contributed by atoms with Gasteiger partial charge in [-0.2, -0.15) is 4.31 Å². The minimum Gasteiger partial charge on any atom is -0.411 e. The Labute approximate surface area is 150 Å². The summed E-state index contributed by atoms with van der Waals surface area (Å²) in [7, 11) is -3.58. The fraction of sp³-hybridized carbons (Fsp3) is 0.400. The standard InChI is InChI=1S/C15H20N4O4S2/c1-4-19(5-2)25(21,22)12-8-6-7-11(9-12)14-17-18-15(23-14)24-10(3)13(16)20/h6-10H,4-5H2,1-3H3,(H2,16,20)/t10-/m0/s1. The normalized spacial score (nSPS) is 13.1. The van der Waals surface area contributed by atoms with Gasteiger partial charge in [-0.15, -0.1) is 10.2 Å². The highest BCUT2D eigenvalue weighted by Crippen LogP contribution is 2.27. The lowest BCUT2D eigenvalue weighted by Gasteiger charge is -2.18. The Kier molecular flexibility index (Phi) is 6.20. The van der Waals surface area contributed by atoms with Gasteiger partial charge in [0.2, 0.25) is 21.8 Å². The van der Waals surface area contributed by atoms with Gasteiger partial charge < -0.3 is 10.2 Å². The Morgan fingerprint density at radius 3 is 2.60 bits per heavy atom. The number of benzene rings is 1. The molecule has 8 nitrogen and oxygen atoms in total. The first-order chi connectivity index (χ1) is 11.8. The second-order valence-corrected chi connectivity index (χ2v) is 8.38. The van der Waals surface area contributed by atoms with Crippen molar-refractivity contribution in [1.29, 1.82) is 0 Å². The summed E-state index contributed by atoms with van der Waals surface area (Å²) in [5.74, 6) is -0.312. The highest BCUT2D eigenvalue weighted by Gasteiger charge is 2.23. The van der Waals surface area contributed by atoms with Gasteiger partial charge in [0, 0.05) is 18.7 Å². The molecule has 0 saturated carbocycles. The van der Waals surface area contributed by atoms with E-state index in [0.29, 0.717) is 18.7 Å². The lowest BCUT2D eigenvalue weighted by molar-refractivity contribution is -0.117. The average Bonchev–Trinajstić information content (AvgIpc) is 3.04. The Balaban J connectivity index is 2.31. The van der Waals surface area contributed by atoms with Crippen molar-refractivity contribution in [3.8, 4) is 11.5 Å². The van der Waals surface area contributed by atoms with Crippen LogP contribution in [0, 0.1) is 0 Å². The number of aromatic nitrogens is 2. The molecule has 0 saturated heterocycles. The predicted molar refractivity (Wildman–Crippen MR) is 94.4 cm³/mol. The van der Waals surface area contributed by atoms with Gasteiger partial charge in [0.05, 0.1) is 10.1 Å². The van der Waals surface area contributed by atoms with Crippen molar-refractivity contribution in [2.75, 3.05) is 13.1 Å². The first-order valence-electron chi connectivity index (χ1n) is 7.69. The number of carbonyl (C=O) groups is 1. The first kappa shape index (κ1) is 19.4. The number of thioether (sulfide) groups is 1. The fourth-order valence-electron chi connectivity index (χ4n) is 2.09. The maximum Gasteiger partial charge on any atom is 0.277 e. The molecule has 0 aliphatic rings. The molecule has 0 spiro atoms. The molecule has 2 aromatic rings. The van der Waals surface area contributed by atoms with Gasteiger partial charge in [0.25, 0.3) is 5.22 Å². The van der Waals surface area contributed by atoms with Gasteiger partial charge in [0.1, 0.15) is 0 Å². The number of nitrogens with two attached hydrogens (primary N) is 1. The Bertz CT molecular complexity index is 847. The van der Waals surface area contributed by atoms with Gasteiger partial charge in [-0.1, -0.05) is 31.7 Å². The van der Waals surface area contributed by atoms with E-state index in [4.69, 9.17) is 10.2 Å². The molecule has 2 rings (SSSR count). The maximum atomic E-state index is 12.6. The van der Waals surface area contributed by atoms with Crippen molar-refractivity contribution in [3.63, 3.8) is 0 Å². The van der Waals surface area contributed by atoms with E-state index in [1.165, 1.54) is 16.4 Å². The van der Waals surface area contributed by atoms with Gasteiger partial charge in [0.15, 0.2) is 0 Å². The summed E-state index contributed by atoms with van der Waals surface area (Å²) in [4.78, 5) is 11.3. The molecule has 1 atom stereocenters. The quantitative estimate of drug-likeness (QED) is 0.688. The number of hydrogen-bond acceptors (Lipinski definition) is 7. The third kappa shape index (κ3) is 4.39. The number of primary amides is 1. The molecule has 1 aromatic heterocycles. The van der Waals surface area contributed by atoms with E-state index in [1.807, 2.05) is 0 Å². The predicted octanol–water partition coefficient (Wildman–Crippen LogP) is 1.73. The van der Waals surface area contributed by atoms with Crippen molar-refractivity contribution in [1.82, 2.24) is 14.5 Å². The summed E-state index contributed by atoms with van der Waals surface area (Å²) in [6.45, 7) is 5.97. The Morgan fingerprint density at radius 2 is 2.00 bits per heavy atom. The molecule has 0 aliphatic heterocycles. The summed E-state index contributed by atoms with van der Waals surface area (Å²) in [6.07, 6.45) is 0. The summed E-state index contributed by atoms with van der Waals surface area (Å²) in [5.41, 5.74) is 5.69. The number of carbonyl (C=O) groups excluding carboxylic acids is 1. The summed E-state index contributed by atoms with van der Waals surface area (Å²) in [6, 6.07) is 6.32. The number of rotatable bonds is 8. The van der Waals surface area contributed by atoms with Crippen molar-refractivity contribution >= 4 is 27.7 Å². The number of hydrogen-bond donors (Lipinski definition) is 1. The average molecular weight is 384 g/mol. The number of sulfonamides is 1.